The quantitative estimate of drug-likeness (QED) is 0.791. The average Bonchev–Trinajstić information content (AvgIpc) is 2.90. The standard InChI is InChI=1S/C15H24BrN3/c1-3-12-9-15(19(4-2)17-12)10-18-13-5-6-14(18)8-11(16)7-13/h9,11,13-14H,3-8,10H2,1-2H3. The van der Waals surface area contributed by atoms with Crippen molar-refractivity contribution in [1.29, 1.82) is 0 Å². The topological polar surface area (TPSA) is 21.1 Å². The highest BCUT2D eigenvalue weighted by Gasteiger charge is 2.40. The molecule has 2 fully saturated rings. The van der Waals surface area contributed by atoms with E-state index in [0.717, 1.165) is 36.4 Å². The number of alkyl halides is 1. The summed E-state index contributed by atoms with van der Waals surface area (Å²) in [6.45, 7) is 6.46. The highest BCUT2D eigenvalue weighted by Crippen LogP contribution is 2.39. The summed E-state index contributed by atoms with van der Waals surface area (Å²) in [4.78, 5) is 3.48. The zero-order valence-corrected chi connectivity index (χ0v) is 13.6. The minimum Gasteiger partial charge on any atom is -0.292 e. The van der Waals surface area contributed by atoms with Gasteiger partial charge in [-0.15, -0.1) is 0 Å². The van der Waals surface area contributed by atoms with Crippen LogP contribution in [0.25, 0.3) is 0 Å². The lowest BCUT2D eigenvalue weighted by Crippen LogP contribution is -2.42. The number of fused-ring (bicyclic) bond motifs is 2. The van der Waals surface area contributed by atoms with Gasteiger partial charge in [0.15, 0.2) is 0 Å². The van der Waals surface area contributed by atoms with Crippen molar-refractivity contribution in [2.75, 3.05) is 0 Å². The van der Waals surface area contributed by atoms with Gasteiger partial charge < -0.3 is 0 Å². The SMILES string of the molecule is CCc1cc(CN2C3CCC2CC(Br)C3)n(CC)n1. The molecule has 4 heteroatoms. The average molecular weight is 326 g/mol. The molecule has 0 saturated carbocycles. The first-order valence-electron chi connectivity index (χ1n) is 7.66. The molecule has 1 aromatic rings. The molecule has 0 aliphatic carbocycles. The fourth-order valence-electron chi connectivity index (χ4n) is 3.74. The number of hydrogen-bond acceptors (Lipinski definition) is 2. The van der Waals surface area contributed by atoms with Crippen LogP contribution in [0.4, 0.5) is 0 Å². The van der Waals surface area contributed by atoms with E-state index in [1.165, 1.54) is 37.1 Å². The van der Waals surface area contributed by atoms with Crippen molar-refractivity contribution in [2.45, 2.75) is 76.0 Å². The maximum absolute atomic E-state index is 4.68. The van der Waals surface area contributed by atoms with Gasteiger partial charge in [0.25, 0.3) is 0 Å². The highest BCUT2D eigenvalue weighted by atomic mass is 79.9. The molecular formula is C15H24BrN3. The predicted molar refractivity (Wildman–Crippen MR) is 81.6 cm³/mol. The second-order valence-corrected chi connectivity index (χ2v) is 7.22. The van der Waals surface area contributed by atoms with Gasteiger partial charge in [0.05, 0.1) is 11.4 Å². The number of aromatic nitrogens is 2. The molecule has 2 bridgehead atoms. The molecule has 2 saturated heterocycles. The van der Waals surface area contributed by atoms with E-state index < -0.39 is 0 Å². The Labute approximate surface area is 124 Å². The Morgan fingerprint density at radius 1 is 1.26 bits per heavy atom. The number of piperidine rings is 1. The maximum Gasteiger partial charge on any atom is 0.0625 e. The van der Waals surface area contributed by atoms with Gasteiger partial charge in [-0.1, -0.05) is 22.9 Å². The third-order valence-corrected chi connectivity index (χ3v) is 5.49. The molecule has 1 aromatic heterocycles. The minimum absolute atomic E-state index is 0.739. The van der Waals surface area contributed by atoms with Crippen molar-refractivity contribution >= 4 is 15.9 Å². The van der Waals surface area contributed by atoms with Crippen LogP contribution in [0.3, 0.4) is 0 Å². The first-order valence-corrected chi connectivity index (χ1v) is 8.58. The first-order chi connectivity index (χ1) is 9.21. The Morgan fingerprint density at radius 3 is 2.53 bits per heavy atom. The lowest BCUT2D eigenvalue weighted by atomic mass is 10.0. The van der Waals surface area contributed by atoms with Crippen LogP contribution in [0.2, 0.25) is 0 Å². The van der Waals surface area contributed by atoms with E-state index in [0.29, 0.717) is 0 Å². The molecule has 106 valence electrons. The van der Waals surface area contributed by atoms with Crippen LogP contribution in [-0.2, 0) is 19.5 Å². The van der Waals surface area contributed by atoms with Gasteiger partial charge in [-0.3, -0.25) is 9.58 Å². The smallest absolute Gasteiger partial charge is 0.0625 e. The molecule has 0 aromatic carbocycles. The van der Waals surface area contributed by atoms with Crippen LogP contribution in [0.1, 0.15) is 50.9 Å². The molecule has 3 rings (SSSR count). The lowest BCUT2D eigenvalue weighted by Gasteiger charge is -2.37. The van der Waals surface area contributed by atoms with Gasteiger partial charge in [-0.05, 0) is 45.1 Å². The minimum atomic E-state index is 0.739. The number of aryl methyl sites for hydroxylation is 2. The Kier molecular flexibility index (Phi) is 3.99. The van der Waals surface area contributed by atoms with E-state index in [4.69, 9.17) is 0 Å². The summed E-state index contributed by atoms with van der Waals surface area (Å²) in [6, 6.07) is 3.88. The van der Waals surface area contributed by atoms with Crippen molar-refractivity contribution in [3.8, 4) is 0 Å². The molecule has 3 heterocycles. The summed E-state index contributed by atoms with van der Waals surface area (Å²) < 4.78 is 2.19. The Balaban J connectivity index is 1.76. The summed E-state index contributed by atoms with van der Waals surface area (Å²) in [6.07, 6.45) is 6.44. The van der Waals surface area contributed by atoms with E-state index in [2.05, 4.69) is 50.5 Å². The molecule has 3 nitrogen and oxygen atoms in total. The number of hydrogen-bond donors (Lipinski definition) is 0. The van der Waals surface area contributed by atoms with Crippen molar-refractivity contribution in [2.24, 2.45) is 0 Å². The summed E-state index contributed by atoms with van der Waals surface area (Å²) in [5.74, 6) is 0. The molecule has 0 amide bonds. The fourth-order valence-corrected chi connectivity index (χ4v) is 4.60. The van der Waals surface area contributed by atoms with E-state index in [9.17, 15) is 0 Å². The van der Waals surface area contributed by atoms with Gasteiger partial charge >= 0.3 is 0 Å². The van der Waals surface area contributed by atoms with Crippen molar-refractivity contribution < 1.29 is 0 Å². The van der Waals surface area contributed by atoms with Crippen LogP contribution in [0.15, 0.2) is 6.07 Å². The molecule has 2 aliphatic rings. The van der Waals surface area contributed by atoms with Gasteiger partial charge in [0, 0.05) is 30.0 Å². The molecule has 2 unspecified atom stereocenters. The maximum atomic E-state index is 4.68. The third kappa shape index (κ3) is 2.62. The van der Waals surface area contributed by atoms with Gasteiger partial charge in [0.1, 0.15) is 0 Å². The molecule has 2 atom stereocenters. The second-order valence-electron chi connectivity index (χ2n) is 5.92. The molecule has 0 radical (unpaired) electrons. The Bertz CT molecular complexity index is 429. The Hall–Kier alpha value is -0.350. The van der Waals surface area contributed by atoms with Crippen molar-refractivity contribution in [3.63, 3.8) is 0 Å². The van der Waals surface area contributed by atoms with E-state index in [1.54, 1.807) is 0 Å². The van der Waals surface area contributed by atoms with Gasteiger partial charge in [0.2, 0.25) is 0 Å². The van der Waals surface area contributed by atoms with Crippen molar-refractivity contribution in [1.82, 2.24) is 14.7 Å². The van der Waals surface area contributed by atoms with Crippen LogP contribution in [0.5, 0.6) is 0 Å². The number of halogens is 1. The zero-order valence-electron chi connectivity index (χ0n) is 12.0. The number of nitrogens with zero attached hydrogens (tertiary/aromatic N) is 3. The normalized spacial score (nSPS) is 31.0. The van der Waals surface area contributed by atoms with Crippen LogP contribution in [0, 0.1) is 0 Å². The van der Waals surface area contributed by atoms with Crippen LogP contribution in [-0.4, -0.2) is 31.6 Å². The van der Waals surface area contributed by atoms with E-state index in [1.807, 2.05) is 0 Å². The van der Waals surface area contributed by atoms with Crippen molar-refractivity contribution in [3.05, 3.63) is 17.5 Å². The largest absolute Gasteiger partial charge is 0.292 e. The predicted octanol–water partition coefficient (Wildman–Crippen LogP) is 3.36. The summed E-state index contributed by atoms with van der Waals surface area (Å²) in [5.41, 5.74) is 2.64. The molecule has 2 aliphatic heterocycles. The summed E-state index contributed by atoms with van der Waals surface area (Å²) >= 11 is 3.82. The molecule has 19 heavy (non-hydrogen) atoms. The molecule has 0 spiro atoms. The van der Waals surface area contributed by atoms with Crippen LogP contribution < -0.4 is 0 Å². The fraction of sp³-hybridized carbons (Fsp3) is 0.800. The van der Waals surface area contributed by atoms with Gasteiger partial charge in [-0.25, -0.2) is 0 Å². The first kappa shape index (κ1) is 13.6. The summed E-state index contributed by atoms with van der Waals surface area (Å²) in [5, 5.41) is 4.68. The second kappa shape index (κ2) is 5.57. The van der Waals surface area contributed by atoms with Gasteiger partial charge in [-0.2, -0.15) is 5.10 Å². The molecule has 0 N–H and O–H groups in total. The molecular weight excluding hydrogens is 302 g/mol. The lowest BCUT2D eigenvalue weighted by molar-refractivity contribution is 0.133. The van der Waals surface area contributed by atoms with E-state index >= 15 is 0 Å². The van der Waals surface area contributed by atoms with Crippen LogP contribution >= 0.6 is 15.9 Å². The third-order valence-electron chi connectivity index (χ3n) is 4.75. The van der Waals surface area contributed by atoms with E-state index in [-0.39, 0.29) is 0 Å². The Morgan fingerprint density at radius 2 is 1.95 bits per heavy atom. The number of rotatable bonds is 4. The zero-order chi connectivity index (χ0) is 13.4. The highest BCUT2D eigenvalue weighted by molar-refractivity contribution is 9.09. The summed E-state index contributed by atoms with van der Waals surface area (Å²) in [7, 11) is 0. The monoisotopic (exact) mass is 325 g/mol.